The zero-order chi connectivity index (χ0) is 14.8. The summed E-state index contributed by atoms with van der Waals surface area (Å²) in [7, 11) is 0. The second kappa shape index (κ2) is 9.15. The molecule has 0 bridgehead atoms. The Morgan fingerprint density at radius 3 is 2.75 bits per heavy atom. The number of carbonyl (C=O) groups is 1. The van der Waals surface area contributed by atoms with Gasteiger partial charge in [-0.3, -0.25) is 4.79 Å². The highest BCUT2D eigenvalue weighted by Crippen LogP contribution is 2.12. The van der Waals surface area contributed by atoms with E-state index in [9.17, 15) is 4.79 Å². The molecule has 1 atom stereocenters. The lowest BCUT2D eigenvalue weighted by Gasteiger charge is -2.23. The summed E-state index contributed by atoms with van der Waals surface area (Å²) < 4.78 is 0. The van der Waals surface area contributed by atoms with Crippen LogP contribution in [0.3, 0.4) is 0 Å². The van der Waals surface area contributed by atoms with Crippen molar-refractivity contribution < 1.29 is 4.79 Å². The molecule has 0 fully saturated rings. The number of rotatable bonds is 9. The highest BCUT2D eigenvalue weighted by Gasteiger charge is 2.10. The van der Waals surface area contributed by atoms with Crippen LogP contribution >= 0.6 is 0 Å². The average molecular weight is 275 g/mol. The molecule has 1 aromatic rings. The minimum atomic E-state index is -0.482. The van der Waals surface area contributed by atoms with Crippen molar-refractivity contribution >= 4 is 11.6 Å². The maximum absolute atomic E-state index is 11.6. The second-order valence-corrected chi connectivity index (χ2v) is 4.69. The first-order chi connectivity index (χ1) is 9.69. The second-order valence-electron chi connectivity index (χ2n) is 4.69. The number of nitrogens with two attached hydrogens (primary N) is 1. The van der Waals surface area contributed by atoms with Gasteiger partial charge in [0.2, 0.25) is 5.91 Å². The van der Waals surface area contributed by atoms with E-state index in [0.29, 0.717) is 13.0 Å². The molecule has 0 aliphatic heterocycles. The van der Waals surface area contributed by atoms with E-state index >= 15 is 0 Å². The van der Waals surface area contributed by atoms with Gasteiger partial charge in [0.25, 0.3) is 0 Å². The standard InChI is InChI=1S/C16H25N3O/c1-3-9-15(17)16(20)18-12-8-13-19(4-2)14-10-6-5-7-11-14/h3,5-7,10-11,15H,1,4,8-9,12-13,17H2,2H3,(H,18,20). The summed E-state index contributed by atoms with van der Waals surface area (Å²) in [5.74, 6) is -0.104. The number of benzene rings is 1. The van der Waals surface area contributed by atoms with Gasteiger partial charge in [0.15, 0.2) is 0 Å². The van der Waals surface area contributed by atoms with Crippen molar-refractivity contribution in [2.75, 3.05) is 24.5 Å². The zero-order valence-electron chi connectivity index (χ0n) is 12.2. The molecule has 1 aromatic carbocycles. The van der Waals surface area contributed by atoms with E-state index < -0.39 is 6.04 Å². The van der Waals surface area contributed by atoms with Crippen molar-refractivity contribution in [3.05, 3.63) is 43.0 Å². The smallest absolute Gasteiger partial charge is 0.237 e. The molecule has 1 amide bonds. The van der Waals surface area contributed by atoms with Crippen molar-refractivity contribution in [1.82, 2.24) is 5.32 Å². The van der Waals surface area contributed by atoms with Crippen molar-refractivity contribution in [2.24, 2.45) is 5.73 Å². The maximum Gasteiger partial charge on any atom is 0.237 e. The summed E-state index contributed by atoms with van der Waals surface area (Å²) in [4.78, 5) is 13.9. The van der Waals surface area contributed by atoms with E-state index in [4.69, 9.17) is 5.73 Å². The molecule has 4 nitrogen and oxygen atoms in total. The van der Waals surface area contributed by atoms with Gasteiger partial charge in [0.05, 0.1) is 6.04 Å². The van der Waals surface area contributed by atoms with Crippen molar-refractivity contribution in [2.45, 2.75) is 25.8 Å². The SMILES string of the molecule is C=CCC(N)C(=O)NCCCN(CC)c1ccccc1. The van der Waals surface area contributed by atoms with Crippen molar-refractivity contribution in [1.29, 1.82) is 0 Å². The topological polar surface area (TPSA) is 58.4 Å². The van der Waals surface area contributed by atoms with E-state index in [-0.39, 0.29) is 5.91 Å². The minimum Gasteiger partial charge on any atom is -0.372 e. The fourth-order valence-corrected chi connectivity index (χ4v) is 2.01. The minimum absolute atomic E-state index is 0.104. The Morgan fingerprint density at radius 2 is 2.15 bits per heavy atom. The first-order valence-electron chi connectivity index (χ1n) is 7.13. The predicted molar refractivity (Wildman–Crippen MR) is 84.7 cm³/mol. The highest BCUT2D eigenvalue weighted by atomic mass is 16.2. The summed E-state index contributed by atoms with van der Waals surface area (Å²) in [6, 6.07) is 9.80. The van der Waals surface area contributed by atoms with Gasteiger partial charge < -0.3 is 16.0 Å². The average Bonchev–Trinajstić information content (AvgIpc) is 2.48. The van der Waals surface area contributed by atoms with Gasteiger partial charge in [0, 0.05) is 25.3 Å². The summed E-state index contributed by atoms with van der Waals surface area (Å²) in [6.07, 6.45) is 3.07. The van der Waals surface area contributed by atoms with Gasteiger partial charge in [-0.2, -0.15) is 0 Å². The first kappa shape index (κ1) is 16.2. The normalized spacial score (nSPS) is 11.7. The summed E-state index contributed by atoms with van der Waals surface area (Å²) in [5.41, 5.74) is 6.91. The van der Waals surface area contributed by atoms with Gasteiger partial charge in [-0.25, -0.2) is 0 Å². The lowest BCUT2D eigenvalue weighted by atomic mass is 10.2. The Kier molecular flexibility index (Phi) is 7.43. The summed E-state index contributed by atoms with van der Waals surface area (Å²) in [6.45, 7) is 8.22. The van der Waals surface area contributed by atoms with Gasteiger partial charge in [-0.15, -0.1) is 6.58 Å². The molecule has 0 heterocycles. The Morgan fingerprint density at radius 1 is 1.45 bits per heavy atom. The quantitative estimate of drug-likeness (QED) is 0.535. The first-order valence-corrected chi connectivity index (χ1v) is 7.13. The summed E-state index contributed by atoms with van der Waals surface area (Å²) >= 11 is 0. The summed E-state index contributed by atoms with van der Waals surface area (Å²) in [5, 5.41) is 2.86. The largest absolute Gasteiger partial charge is 0.372 e. The van der Waals surface area contributed by atoms with E-state index in [1.165, 1.54) is 5.69 Å². The monoisotopic (exact) mass is 275 g/mol. The van der Waals surface area contributed by atoms with Crippen LogP contribution in [-0.2, 0) is 4.79 Å². The van der Waals surface area contributed by atoms with E-state index in [1.54, 1.807) is 6.08 Å². The fraction of sp³-hybridized carbons (Fsp3) is 0.438. The van der Waals surface area contributed by atoms with Crippen LogP contribution in [0.2, 0.25) is 0 Å². The third-order valence-corrected chi connectivity index (χ3v) is 3.16. The third kappa shape index (κ3) is 5.45. The lowest BCUT2D eigenvalue weighted by Crippen LogP contribution is -2.41. The van der Waals surface area contributed by atoms with E-state index in [2.05, 4.69) is 35.9 Å². The number of para-hydroxylation sites is 1. The zero-order valence-corrected chi connectivity index (χ0v) is 12.2. The Bertz CT molecular complexity index is 405. The molecule has 1 unspecified atom stereocenters. The molecule has 20 heavy (non-hydrogen) atoms. The molecule has 0 aliphatic rings. The molecule has 1 rings (SSSR count). The lowest BCUT2D eigenvalue weighted by molar-refractivity contribution is -0.122. The van der Waals surface area contributed by atoms with Crippen LogP contribution in [0.1, 0.15) is 19.8 Å². The van der Waals surface area contributed by atoms with Crippen LogP contribution < -0.4 is 16.0 Å². The van der Waals surface area contributed by atoms with E-state index in [0.717, 1.165) is 19.5 Å². The molecule has 0 aromatic heterocycles. The van der Waals surface area contributed by atoms with Crippen LogP contribution in [0, 0.1) is 0 Å². The van der Waals surface area contributed by atoms with Gasteiger partial charge >= 0.3 is 0 Å². The molecule has 4 heteroatoms. The van der Waals surface area contributed by atoms with Gasteiger partial charge in [-0.1, -0.05) is 24.3 Å². The Hall–Kier alpha value is -1.81. The number of amides is 1. The van der Waals surface area contributed by atoms with Crippen LogP contribution in [0.4, 0.5) is 5.69 Å². The van der Waals surface area contributed by atoms with E-state index in [1.807, 2.05) is 18.2 Å². The number of nitrogens with one attached hydrogen (secondary N) is 1. The molecule has 0 saturated heterocycles. The van der Waals surface area contributed by atoms with Crippen molar-refractivity contribution in [3.63, 3.8) is 0 Å². The van der Waals surface area contributed by atoms with Crippen LogP contribution in [0.5, 0.6) is 0 Å². The van der Waals surface area contributed by atoms with Crippen molar-refractivity contribution in [3.8, 4) is 0 Å². The molecular formula is C16H25N3O. The highest BCUT2D eigenvalue weighted by molar-refractivity contribution is 5.81. The fourth-order valence-electron chi connectivity index (χ4n) is 2.01. The number of hydrogen-bond acceptors (Lipinski definition) is 3. The maximum atomic E-state index is 11.6. The molecule has 0 saturated carbocycles. The Labute approximate surface area is 121 Å². The van der Waals surface area contributed by atoms with Crippen LogP contribution in [0.15, 0.2) is 43.0 Å². The van der Waals surface area contributed by atoms with Gasteiger partial charge in [-0.05, 0) is 31.9 Å². The molecule has 0 radical (unpaired) electrons. The molecule has 0 aliphatic carbocycles. The number of hydrogen-bond donors (Lipinski definition) is 2. The number of nitrogens with zero attached hydrogens (tertiary/aromatic N) is 1. The number of anilines is 1. The predicted octanol–water partition coefficient (Wildman–Crippen LogP) is 1.92. The van der Waals surface area contributed by atoms with Crippen LogP contribution in [-0.4, -0.2) is 31.6 Å². The van der Waals surface area contributed by atoms with Crippen LogP contribution in [0.25, 0.3) is 0 Å². The molecule has 3 N–H and O–H groups in total. The third-order valence-electron chi connectivity index (χ3n) is 3.16. The molecule has 0 spiro atoms. The number of carbonyl (C=O) groups excluding carboxylic acids is 1. The Balaban J connectivity index is 2.29. The molecule has 110 valence electrons. The van der Waals surface area contributed by atoms with Gasteiger partial charge in [0.1, 0.15) is 0 Å². The molecular weight excluding hydrogens is 250 g/mol.